The van der Waals surface area contributed by atoms with Crippen molar-refractivity contribution in [1.29, 1.82) is 0 Å². The number of methoxy groups -OCH3 is 1. The molecule has 20 heavy (non-hydrogen) atoms. The summed E-state index contributed by atoms with van der Waals surface area (Å²) in [6.45, 7) is 2.08. The molecule has 0 amide bonds. The van der Waals surface area contributed by atoms with Gasteiger partial charge in [-0.05, 0) is 24.6 Å². The minimum absolute atomic E-state index is 0.217. The normalized spacial score (nSPS) is 10.1. The Morgan fingerprint density at radius 1 is 1.15 bits per heavy atom. The zero-order valence-corrected chi connectivity index (χ0v) is 11.4. The monoisotopic (exact) mass is 272 g/mol. The van der Waals surface area contributed by atoms with Gasteiger partial charge in [0.15, 0.2) is 11.5 Å². The average molecular weight is 272 g/mol. The van der Waals surface area contributed by atoms with E-state index in [1.165, 1.54) is 13.2 Å². The number of carboxylic acid groups (broad SMARTS) is 1. The van der Waals surface area contributed by atoms with Gasteiger partial charge < -0.3 is 14.6 Å². The molecule has 2 rings (SSSR count). The number of ether oxygens (including phenoxy) is 2. The molecule has 0 aliphatic heterocycles. The van der Waals surface area contributed by atoms with Crippen molar-refractivity contribution in [3.05, 3.63) is 59.2 Å². The standard InChI is InChI=1S/C16H16O4/c1-11-13(16(17)18)8-9-14(19-2)15(11)20-10-12-6-4-3-5-7-12/h3-9H,10H2,1-2H3,(H,17,18). The van der Waals surface area contributed by atoms with E-state index in [9.17, 15) is 4.79 Å². The van der Waals surface area contributed by atoms with E-state index in [2.05, 4.69) is 0 Å². The van der Waals surface area contributed by atoms with Crippen LogP contribution in [0.4, 0.5) is 0 Å². The predicted molar refractivity (Wildman–Crippen MR) is 75.5 cm³/mol. The molecule has 0 aliphatic carbocycles. The highest BCUT2D eigenvalue weighted by Gasteiger charge is 2.16. The van der Waals surface area contributed by atoms with E-state index >= 15 is 0 Å². The van der Waals surface area contributed by atoms with Crippen LogP contribution in [-0.4, -0.2) is 18.2 Å². The number of carbonyl (C=O) groups is 1. The lowest BCUT2D eigenvalue weighted by molar-refractivity contribution is 0.0695. The minimum atomic E-state index is -0.977. The largest absolute Gasteiger partial charge is 0.493 e. The van der Waals surface area contributed by atoms with Crippen molar-refractivity contribution in [2.24, 2.45) is 0 Å². The molecule has 0 heterocycles. The molecule has 0 atom stereocenters. The van der Waals surface area contributed by atoms with Crippen LogP contribution in [0, 0.1) is 6.92 Å². The van der Waals surface area contributed by atoms with Gasteiger partial charge in [-0.25, -0.2) is 4.79 Å². The fraction of sp³-hybridized carbons (Fsp3) is 0.188. The molecule has 104 valence electrons. The lowest BCUT2D eigenvalue weighted by Crippen LogP contribution is -2.05. The van der Waals surface area contributed by atoms with E-state index in [0.717, 1.165) is 5.56 Å². The molecule has 0 saturated heterocycles. The second-order valence-corrected chi connectivity index (χ2v) is 4.35. The maximum absolute atomic E-state index is 11.2. The first-order valence-electron chi connectivity index (χ1n) is 6.21. The highest BCUT2D eigenvalue weighted by atomic mass is 16.5. The molecule has 0 radical (unpaired) electrons. The molecular formula is C16H16O4. The number of benzene rings is 2. The smallest absolute Gasteiger partial charge is 0.336 e. The van der Waals surface area contributed by atoms with Crippen LogP contribution in [0.5, 0.6) is 11.5 Å². The van der Waals surface area contributed by atoms with Crippen LogP contribution in [0.3, 0.4) is 0 Å². The zero-order chi connectivity index (χ0) is 14.5. The Labute approximate surface area is 117 Å². The van der Waals surface area contributed by atoms with E-state index < -0.39 is 5.97 Å². The first-order valence-corrected chi connectivity index (χ1v) is 6.21. The quantitative estimate of drug-likeness (QED) is 0.907. The topological polar surface area (TPSA) is 55.8 Å². The molecule has 0 unspecified atom stereocenters. The lowest BCUT2D eigenvalue weighted by atomic mass is 10.1. The average Bonchev–Trinajstić information content (AvgIpc) is 2.46. The Morgan fingerprint density at radius 3 is 2.45 bits per heavy atom. The van der Waals surface area contributed by atoms with Gasteiger partial charge in [0.25, 0.3) is 0 Å². The molecule has 2 aromatic rings. The first-order chi connectivity index (χ1) is 9.63. The van der Waals surface area contributed by atoms with Gasteiger partial charge in [0.2, 0.25) is 0 Å². The van der Waals surface area contributed by atoms with Crippen LogP contribution < -0.4 is 9.47 Å². The van der Waals surface area contributed by atoms with E-state index in [-0.39, 0.29) is 5.56 Å². The Bertz CT molecular complexity index is 605. The fourth-order valence-electron chi connectivity index (χ4n) is 1.97. The van der Waals surface area contributed by atoms with E-state index in [1.807, 2.05) is 30.3 Å². The van der Waals surface area contributed by atoms with Crippen LogP contribution in [-0.2, 0) is 6.61 Å². The van der Waals surface area contributed by atoms with Crippen molar-refractivity contribution < 1.29 is 19.4 Å². The third-order valence-electron chi connectivity index (χ3n) is 3.05. The minimum Gasteiger partial charge on any atom is -0.493 e. The summed E-state index contributed by atoms with van der Waals surface area (Å²) >= 11 is 0. The summed E-state index contributed by atoms with van der Waals surface area (Å²) in [7, 11) is 1.53. The molecular weight excluding hydrogens is 256 g/mol. The molecule has 4 heteroatoms. The molecule has 0 aromatic heterocycles. The van der Waals surface area contributed by atoms with Gasteiger partial charge in [0, 0.05) is 5.56 Å². The summed E-state index contributed by atoms with van der Waals surface area (Å²) in [4.78, 5) is 11.2. The lowest BCUT2D eigenvalue weighted by Gasteiger charge is -2.15. The van der Waals surface area contributed by atoms with Crippen molar-refractivity contribution in [3.8, 4) is 11.5 Å². The molecule has 2 aromatic carbocycles. The summed E-state index contributed by atoms with van der Waals surface area (Å²) in [6, 6.07) is 12.8. The summed E-state index contributed by atoms with van der Waals surface area (Å²) in [5.74, 6) is 0.0226. The number of aromatic carboxylic acids is 1. The fourth-order valence-corrected chi connectivity index (χ4v) is 1.97. The maximum atomic E-state index is 11.2. The Kier molecular flexibility index (Phi) is 4.25. The van der Waals surface area contributed by atoms with E-state index in [0.29, 0.717) is 23.7 Å². The Morgan fingerprint density at radius 2 is 1.85 bits per heavy atom. The predicted octanol–water partition coefficient (Wildman–Crippen LogP) is 3.28. The van der Waals surface area contributed by atoms with Crippen molar-refractivity contribution in [3.63, 3.8) is 0 Å². The molecule has 0 aliphatic rings. The third kappa shape index (κ3) is 2.91. The Balaban J connectivity index is 2.29. The van der Waals surface area contributed by atoms with Gasteiger partial charge >= 0.3 is 5.97 Å². The van der Waals surface area contributed by atoms with Gasteiger partial charge in [0.1, 0.15) is 6.61 Å². The molecule has 4 nitrogen and oxygen atoms in total. The van der Waals surface area contributed by atoms with Crippen molar-refractivity contribution in [1.82, 2.24) is 0 Å². The third-order valence-corrected chi connectivity index (χ3v) is 3.05. The van der Waals surface area contributed by atoms with Crippen LogP contribution in [0.15, 0.2) is 42.5 Å². The van der Waals surface area contributed by atoms with E-state index in [4.69, 9.17) is 14.6 Å². The summed E-state index contributed by atoms with van der Waals surface area (Å²) < 4.78 is 11.0. The molecule has 0 bridgehead atoms. The Hall–Kier alpha value is -2.49. The summed E-state index contributed by atoms with van der Waals surface area (Å²) in [5, 5.41) is 9.14. The number of carboxylic acids is 1. The van der Waals surface area contributed by atoms with Crippen LogP contribution >= 0.6 is 0 Å². The van der Waals surface area contributed by atoms with Crippen molar-refractivity contribution in [2.75, 3.05) is 7.11 Å². The van der Waals surface area contributed by atoms with Gasteiger partial charge in [-0.1, -0.05) is 30.3 Å². The number of hydrogen-bond donors (Lipinski definition) is 1. The second kappa shape index (κ2) is 6.10. The van der Waals surface area contributed by atoms with Crippen molar-refractivity contribution >= 4 is 5.97 Å². The molecule has 1 N–H and O–H groups in total. The molecule has 0 spiro atoms. The van der Waals surface area contributed by atoms with Gasteiger partial charge in [-0.2, -0.15) is 0 Å². The highest BCUT2D eigenvalue weighted by molar-refractivity contribution is 5.90. The van der Waals surface area contributed by atoms with E-state index in [1.54, 1.807) is 13.0 Å². The first kappa shape index (κ1) is 13.9. The van der Waals surface area contributed by atoms with Crippen molar-refractivity contribution in [2.45, 2.75) is 13.5 Å². The van der Waals surface area contributed by atoms with Crippen LogP contribution in [0.2, 0.25) is 0 Å². The van der Waals surface area contributed by atoms with Crippen LogP contribution in [0.25, 0.3) is 0 Å². The molecule has 0 saturated carbocycles. The summed E-state index contributed by atoms with van der Waals surface area (Å²) in [5.41, 5.74) is 1.79. The molecule has 0 fully saturated rings. The zero-order valence-electron chi connectivity index (χ0n) is 11.4. The maximum Gasteiger partial charge on any atom is 0.336 e. The number of hydrogen-bond acceptors (Lipinski definition) is 3. The SMILES string of the molecule is COc1ccc(C(=O)O)c(C)c1OCc1ccccc1. The number of rotatable bonds is 5. The summed E-state index contributed by atoms with van der Waals surface area (Å²) in [6.07, 6.45) is 0. The van der Waals surface area contributed by atoms with Gasteiger partial charge in [-0.15, -0.1) is 0 Å². The second-order valence-electron chi connectivity index (χ2n) is 4.35. The van der Waals surface area contributed by atoms with Crippen LogP contribution in [0.1, 0.15) is 21.5 Å². The van der Waals surface area contributed by atoms with Gasteiger partial charge in [0.05, 0.1) is 12.7 Å². The highest BCUT2D eigenvalue weighted by Crippen LogP contribution is 2.33. The van der Waals surface area contributed by atoms with Gasteiger partial charge in [-0.3, -0.25) is 0 Å².